The molecule has 9 heteroatoms. The quantitative estimate of drug-likeness (QED) is 0.705. The largest absolute Gasteiger partial charge is 0.346 e. The van der Waals surface area contributed by atoms with Crippen molar-refractivity contribution in [2.24, 2.45) is 0 Å². The molecule has 0 unspecified atom stereocenters. The second-order valence-electron chi connectivity index (χ2n) is 4.80. The van der Waals surface area contributed by atoms with Gasteiger partial charge in [-0.25, -0.2) is 18.2 Å². The molecule has 0 radical (unpaired) electrons. The van der Waals surface area contributed by atoms with Crippen molar-refractivity contribution in [3.63, 3.8) is 0 Å². The van der Waals surface area contributed by atoms with Crippen LogP contribution < -0.4 is 0 Å². The van der Waals surface area contributed by atoms with Gasteiger partial charge in [-0.15, -0.1) is 5.10 Å². The number of hydrogen-bond acceptors (Lipinski definition) is 6. The topological polar surface area (TPSA) is 85.2 Å². The lowest BCUT2D eigenvalue weighted by molar-refractivity contribution is 0.213. The Morgan fingerprint density at radius 3 is 2.52 bits per heavy atom. The van der Waals surface area contributed by atoms with Gasteiger partial charge in [0, 0.05) is 26.3 Å². The molecule has 1 heterocycles. The maximum atomic E-state index is 12.1. The molecule has 0 aliphatic rings. The minimum atomic E-state index is -3.13. The molecule has 21 heavy (non-hydrogen) atoms. The molecule has 1 amide bonds. The third-order valence-electron chi connectivity index (χ3n) is 2.75. The van der Waals surface area contributed by atoms with Gasteiger partial charge >= 0.3 is 6.03 Å². The Morgan fingerprint density at radius 2 is 2.00 bits per heavy atom. The molecular weight excluding hydrogens is 312 g/mol. The third kappa shape index (κ3) is 5.31. The lowest BCUT2D eigenvalue weighted by atomic mass is 10.2. The first-order chi connectivity index (χ1) is 9.80. The van der Waals surface area contributed by atoms with Crippen LogP contribution in [0.5, 0.6) is 0 Å². The van der Waals surface area contributed by atoms with Gasteiger partial charge < -0.3 is 4.90 Å². The van der Waals surface area contributed by atoms with E-state index in [-0.39, 0.29) is 16.9 Å². The Morgan fingerprint density at radius 1 is 1.33 bits per heavy atom. The molecule has 0 aliphatic heterocycles. The van der Waals surface area contributed by atoms with E-state index in [9.17, 15) is 13.2 Å². The summed E-state index contributed by atoms with van der Waals surface area (Å²) in [5, 5.41) is 4.42. The van der Waals surface area contributed by atoms with Crippen LogP contribution in [-0.4, -0.2) is 59.0 Å². The molecule has 0 atom stereocenters. The third-order valence-corrected chi connectivity index (χ3v) is 6.06. The molecule has 1 rings (SSSR count). The number of carbonyl (C=O) groups is 1. The van der Waals surface area contributed by atoms with Gasteiger partial charge in [0.2, 0.25) is 0 Å². The van der Waals surface area contributed by atoms with Gasteiger partial charge in [-0.05, 0) is 6.42 Å². The molecule has 0 fully saturated rings. The molecule has 0 saturated carbocycles. The summed E-state index contributed by atoms with van der Waals surface area (Å²) in [7, 11) is 0.105. The maximum absolute atomic E-state index is 12.1. The van der Waals surface area contributed by atoms with Crippen molar-refractivity contribution < 1.29 is 13.2 Å². The summed E-state index contributed by atoms with van der Waals surface area (Å²) in [5.74, 6) is 0.641. The minimum absolute atomic E-state index is 0.0679. The number of aromatic nitrogens is 3. The number of unbranched alkanes of at least 4 members (excludes halogenated alkanes) is 1. The Bertz CT molecular complexity index is 581. The fraction of sp³-hybridized carbons (Fsp3) is 0.750. The van der Waals surface area contributed by atoms with Gasteiger partial charge in [-0.3, -0.25) is 0 Å². The number of sulfone groups is 1. The summed E-state index contributed by atoms with van der Waals surface area (Å²) in [6.45, 7) is 3.66. The van der Waals surface area contributed by atoms with Crippen LogP contribution >= 0.6 is 11.8 Å². The predicted octanol–water partition coefficient (Wildman–Crippen LogP) is 1.63. The zero-order valence-electron chi connectivity index (χ0n) is 12.9. The van der Waals surface area contributed by atoms with Gasteiger partial charge in [-0.2, -0.15) is 4.68 Å². The Kier molecular flexibility index (Phi) is 6.66. The van der Waals surface area contributed by atoms with Crippen molar-refractivity contribution in [3.8, 4) is 0 Å². The van der Waals surface area contributed by atoms with Gasteiger partial charge in [0.1, 0.15) is 5.08 Å². The normalized spacial score (nSPS) is 11.6. The van der Waals surface area contributed by atoms with Crippen LogP contribution in [-0.2, 0) is 16.3 Å². The molecule has 0 N–H and O–H groups in total. The number of rotatable bonds is 7. The van der Waals surface area contributed by atoms with Gasteiger partial charge in [0.05, 0.1) is 0 Å². The molecule has 0 saturated heterocycles. The molecule has 0 aliphatic carbocycles. The van der Waals surface area contributed by atoms with Crippen molar-refractivity contribution in [2.75, 3.05) is 24.9 Å². The summed E-state index contributed by atoms with van der Waals surface area (Å²) in [6, 6.07) is -0.332. The maximum Gasteiger partial charge on any atom is 0.346 e. The molecule has 0 spiro atoms. The van der Waals surface area contributed by atoms with E-state index < -0.39 is 9.84 Å². The van der Waals surface area contributed by atoms with Crippen LogP contribution in [0.3, 0.4) is 0 Å². The van der Waals surface area contributed by atoms with E-state index in [4.69, 9.17) is 0 Å². The molecule has 120 valence electrons. The molecular formula is C12H22N4O3S2. The SMILES string of the molecule is CCCCc1nc(SCS(=O)(=O)CC)n(C(=O)N(C)C)n1. The summed E-state index contributed by atoms with van der Waals surface area (Å²) in [6.07, 6.45) is 2.61. The van der Waals surface area contributed by atoms with E-state index in [1.165, 1.54) is 9.58 Å². The highest BCUT2D eigenvalue weighted by atomic mass is 32.3. The Labute approximate surface area is 130 Å². The number of carbonyl (C=O) groups excluding carboxylic acids is 1. The van der Waals surface area contributed by atoms with Crippen LogP contribution in [0, 0.1) is 0 Å². The highest BCUT2D eigenvalue weighted by molar-refractivity contribution is 8.12. The fourth-order valence-electron chi connectivity index (χ4n) is 1.41. The average Bonchev–Trinajstić information content (AvgIpc) is 2.85. The zero-order chi connectivity index (χ0) is 16.0. The van der Waals surface area contributed by atoms with E-state index in [0.29, 0.717) is 17.4 Å². The number of hydrogen-bond donors (Lipinski definition) is 0. The number of aryl methyl sites for hydroxylation is 1. The first kappa shape index (κ1) is 18.0. The van der Waals surface area contributed by atoms with E-state index in [1.54, 1.807) is 21.0 Å². The summed E-state index contributed by atoms with van der Waals surface area (Å²) < 4.78 is 24.4. The van der Waals surface area contributed by atoms with Crippen LogP contribution in [0.25, 0.3) is 0 Å². The van der Waals surface area contributed by atoms with E-state index in [2.05, 4.69) is 17.0 Å². The molecule has 0 bridgehead atoms. The second-order valence-corrected chi connectivity index (χ2v) is 8.46. The lowest BCUT2D eigenvalue weighted by Crippen LogP contribution is -2.29. The fourth-order valence-corrected chi connectivity index (χ4v) is 3.63. The van der Waals surface area contributed by atoms with Crippen LogP contribution in [0.2, 0.25) is 0 Å². The Balaban J connectivity index is 2.98. The summed E-state index contributed by atoms with van der Waals surface area (Å²) in [4.78, 5) is 17.7. The van der Waals surface area contributed by atoms with Crippen LogP contribution in [0.1, 0.15) is 32.5 Å². The molecule has 0 aromatic carbocycles. The van der Waals surface area contributed by atoms with Crippen molar-refractivity contribution in [1.82, 2.24) is 19.7 Å². The highest BCUT2D eigenvalue weighted by Crippen LogP contribution is 2.19. The van der Waals surface area contributed by atoms with Crippen molar-refractivity contribution in [3.05, 3.63) is 5.82 Å². The van der Waals surface area contributed by atoms with Crippen molar-refractivity contribution >= 4 is 27.6 Å². The Hall–Kier alpha value is -1.09. The number of thioether (sulfide) groups is 1. The van der Waals surface area contributed by atoms with Gasteiger partial charge in [-0.1, -0.05) is 32.0 Å². The smallest absolute Gasteiger partial charge is 0.329 e. The molecule has 7 nitrogen and oxygen atoms in total. The highest BCUT2D eigenvalue weighted by Gasteiger charge is 2.20. The van der Waals surface area contributed by atoms with Crippen LogP contribution in [0.4, 0.5) is 4.79 Å². The number of amides is 1. The first-order valence-corrected chi connectivity index (χ1v) is 9.62. The monoisotopic (exact) mass is 334 g/mol. The summed E-state index contributed by atoms with van der Waals surface area (Å²) in [5.41, 5.74) is 0. The van der Waals surface area contributed by atoms with Crippen molar-refractivity contribution in [1.29, 1.82) is 0 Å². The van der Waals surface area contributed by atoms with E-state index in [1.807, 2.05) is 0 Å². The molecule has 1 aromatic heterocycles. The van der Waals surface area contributed by atoms with Gasteiger partial charge in [0.15, 0.2) is 20.8 Å². The zero-order valence-corrected chi connectivity index (χ0v) is 14.5. The first-order valence-electron chi connectivity index (χ1n) is 6.81. The van der Waals surface area contributed by atoms with Gasteiger partial charge in [0.25, 0.3) is 0 Å². The summed E-state index contributed by atoms with van der Waals surface area (Å²) >= 11 is 1.03. The second kappa shape index (κ2) is 7.79. The van der Waals surface area contributed by atoms with E-state index in [0.717, 1.165) is 24.6 Å². The standard InChI is InChI=1S/C12H22N4O3S2/c1-5-7-8-10-13-11(20-9-21(18,19)6-2)16(14-10)12(17)15(3)4/h5-9H2,1-4H3. The average molecular weight is 334 g/mol. The lowest BCUT2D eigenvalue weighted by Gasteiger charge is -2.10. The van der Waals surface area contributed by atoms with Crippen molar-refractivity contribution in [2.45, 2.75) is 38.3 Å². The minimum Gasteiger partial charge on any atom is -0.329 e. The number of nitrogens with zero attached hydrogens (tertiary/aromatic N) is 4. The molecule has 1 aromatic rings. The predicted molar refractivity (Wildman–Crippen MR) is 83.3 cm³/mol. The van der Waals surface area contributed by atoms with Crippen LogP contribution in [0.15, 0.2) is 5.16 Å². The van der Waals surface area contributed by atoms with E-state index >= 15 is 0 Å².